The van der Waals surface area contributed by atoms with Gasteiger partial charge in [-0.2, -0.15) is 4.37 Å². The fourth-order valence-corrected chi connectivity index (χ4v) is 2.75. The Balaban J connectivity index is 2.75. The average Bonchev–Trinajstić information content (AvgIpc) is 2.62. The first-order valence-corrected chi connectivity index (χ1v) is 6.31. The van der Waals surface area contributed by atoms with Crippen LogP contribution in [0.3, 0.4) is 0 Å². The van der Waals surface area contributed by atoms with Gasteiger partial charge in [-0.3, -0.25) is 0 Å². The van der Waals surface area contributed by atoms with E-state index in [-0.39, 0.29) is 0 Å². The summed E-state index contributed by atoms with van der Waals surface area (Å²) in [6.07, 6.45) is 0. The van der Waals surface area contributed by atoms with E-state index in [0.717, 1.165) is 0 Å². The van der Waals surface area contributed by atoms with Crippen LogP contribution >= 0.6 is 11.5 Å². The second kappa shape index (κ2) is 3.93. The molecule has 0 saturated carbocycles. The fourth-order valence-electron chi connectivity index (χ4n) is 2.08. The van der Waals surface area contributed by atoms with Crippen LogP contribution in [-0.4, -0.2) is 4.37 Å². The molecule has 0 aliphatic rings. The molecule has 1 heterocycles. The molecule has 2 heteroatoms. The zero-order chi connectivity index (χ0) is 11.0. The molecule has 0 saturated heterocycles. The fraction of sp³-hybridized carbons (Fsp3) is 0.462. The maximum absolute atomic E-state index is 4.52. The van der Waals surface area contributed by atoms with Crippen LogP contribution in [0.2, 0.25) is 0 Å². The van der Waals surface area contributed by atoms with E-state index in [2.05, 4.69) is 49.6 Å². The van der Waals surface area contributed by atoms with Gasteiger partial charge in [0.15, 0.2) is 0 Å². The van der Waals surface area contributed by atoms with Crippen LogP contribution in [0.25, 0.3) is 10.9 Å². The maximum Gasteiger partial charge on any atom is 0.0878 e. The third kappa shape index (κ3) is 1.78. The van der Waals surface area contributed by atoms with Crippen molar-refractivity contribution in [2.45, 2.75) is 39.5 Å². The van der Waals surface area contributed by atoms with Crippen molar-refractivity contribution in [2.75, 3.05) is 0 Å². The lowest BCUT2D eigenvalue weighted by Gasteiger charge is -2.16. The topological polar surface area (TPSA) is 12.9 Å². The molecule has 0 N–H and O–H groups in total. The summed E-state index contributed by atoms with van der Waals surface area (Å²) in [5.41, 5.74) is 4.09. The molecule has 0 amide bonds. The second-order valence-corrected chi connectivity index (χ2v) is 5.26. The van der Waals surface area contributed by atoms with E-state index in [1.165, 1.54) is 22.0 Å². The molecule has 1 nitrogen and oxygen atoms in total. The minimum atomic E-state index is 0.549. The van der Waals surface area contributed by atoms with Gasteiger partial charge in [0.1, 0.15) is 0 Å². The number of benzene rings is 1. The second-order valence-electron chi connectivity index (χ2n) is 4.63. The number of rotatable bonds is 2. The highest BCUT2D eigenvalue weighted by Gasteiger charge is 2.14. The van der Waals surface area contributed by atoms with Crippen molar-refractivity contribution in [2.24, 2.45) is 0 Å². The third-order valence-electron chi connectivity index (χ3n) is 2.81. The monoisotopic (exact) mass is 219 g/mol. The van der Waals surface area contributed by atoms with E-state index in [9.17, 15) is 0 Å². The van der Waals surface area contributed by atoms with Gasteiger partial charge >= 0.3 is 0 Å². The first-order chi connectivity index (χ1) is 7.11. The average molecular weight is 219 g/mol. The molecule has 0 radical (unpaired) electrons. The summed E-state index contributed by atoms with van der Waals surface area (Å²) in [7, 11) is 0. The Morgan fingerprint density at radius 1 is 1.07 bits per heavy atom. The van der Waals surface area contributed by atoms with Crippen molar-refractivity contribution in [3.05, 3.63) is 28.6 Å². The van der Waals surface area contributed by atoms with E-state index in [0.29, 0.717) is 11.8 Å². The first kappa shape index (κ1) is 10.6. The van der Waals surface area contributed by atoms with Gasteiger partial charge in [0.2, 0.25) is 0 Å². The van der Waals surface area contributed by atoms with Crippen LogP contribution in [-0.2, 0) is 0 Å². The molecule has 15 heavy (non-hydrogen) atoms. The summed E-state index contributed by atoms with van der Waals surface area (Å²) in [5.74, 6) is 1.13. The minimum absolute atomic E-state index is 0.549. The zero-order valence-electron chi connectivity index (χ0n) is 9.74. The molecule has 80 valence electrons. The molecule has 1 aromatic carbocycles. The van der Waals surface area contributed by atoms with Crippen molar-refractivity contribution in [1.29, 1.82) is 0 Å². The highest BCUT2D eigenvalue weighted by atomic mass is 32.1. The summed E-state index contributed by atoms with van der Waals surface area (Å²) in [4.78, 5) is 0. The van der Waals surface area contributed by atoms with Crippen LogP contribution in [0.15, 0.2) is 17.5 Å². The molecular formula is C13H17NS. The van der Waals surface area contributed by atoms with Gasteiger partial charge in [-0.1, -0.05) is 39.8 Å². The predicted molar refractivity (Wildman–Crippen MR) is 67.8 cm³/mol. The van der Waals surface area contributed by atoms with E-state index in [4.69, 9.17) is 0 Å². The van der Waals surface area contributed by atoms with E-state index in [1.54, 1.807) is 11.5 Å². The molecule has 0 atom stereocenters. The Hall–Kier alpha value is -0.890. The van der Waals surface area contributed by atoms with Crippen LogP contribution in [0, 0.1) is 0 Å². The van der Waals surface area contributed by atoms with Gasteiger partial charge in [0.25, 0.3) is 0 Å². The van der Waals surface area contributed by atoms with Gasteiger partial charge in [-0.05, 0) is 34.5 Å². The zero-order valence-corrected chi connectivity index (χ0v) is 10.6. The SMILES string of the molecule is CC(C)c1ccc2csnc2c1C(C)C. The summed E-state index contributed by atoms with van der Waals surface area (Å²) in [6.45, 7) is 9.00. The van der Waals surface area contributed by atoms with Crippen LogP contribution < -0.4 is 0 Å². The molecule has 2 rings (SSSR count). The summed E-state index contributed by atoms with van der Waals surface area (Å²) in [6, 6.07) is 4.46. The number of aromatic nitrogens is 1. The summed E-state index contributed by atoms with van der Waals surface area (Å²) >= 11 is 1.55. The number of nitrogens with zero attached hydrogens (tertiary/aromatic N) is 1. The predicted octanol–water partition coefficient (Wildman–Crippen LogP) is 4.54. The Morgan fingerprint density at radius 2 is 1.80 bits per heavy atom. The van der Waals surface area contributed by atoms with Gasteiger partial charge in [-0.25, -0.2) is 0 Å². The molecule has 0 unspecified atom stereocenters. The lowest BCUT2D eigenvalue weighted by molar-refractivity contribution is 0.796. The van der Waals surface area contributed by atoms with Crippen molar-refractivity contribution >= 4 is 22.4 Å². The van der Waals surface area contributed by atoms with E-state index >= 15 is 0 Å². The van der Waals surface area contributed by atoms with Crippen molar-refractivity contribution in [3.63, 3.8) is 0 Å². The maximum atomic E-state index is 4.52. The van der Waals surface area contributed by atoms with Crippen LogP contribution in [0.1, 0.15) is 50.7 Å². The van der Waals surface area contributed by atoms with Crippen LogP contribution in [0.5, 0.6) is 0 Å². The number of hydrogen-bond donors (Lipinski definition) is 0. The van der Waals surface area contributed by atoms with E-state index < -0.39 is 0 Å². The smallest absolute Gasteiger partial charge is 0.0878 e. The minimum Gasteiger partial charge on any atom is -0.192 e. The quantitative estimate of drug-likeness (QED) is 0.722. The van der Waals surface area contributed by atoms with Crippen LogP contribution in [0.4, 0.5) is 0 Å². The first-order valence-electron chi connectivity index (χ1n) is 5.48. The molecule has 0 bridgehead atoms. The normalized spacial score (nSPS) is 11.9. The lowest BCUT2D eigenvalue weighted by Crippen LogP contribution is -1.99. The van der Waals surface area contributed by atoms with Gasteiger partial charge in [0, 0.05) is 10.8 Å². The number of hydrogen-bond acceptors (Lipinski definition) is 2. The van der Waals surface area contributed by atoms with Crippen molar-refractivity contribution in [1.82, 2.24) is 4.37 Å². The molecule has 2 aromatic rings. The highest BCUT2D eigenvalue weighted by molar-refractivity contribution is 7.04. The van der Waals surface area contributed by atoms with Crippen molar-refractivity contribution in [3.8, 4) is 0 Å². The Kier molecular flexibility index (Phi) is 2.79. The molecule has 1 aromatic heterocycles. The Labute approximate surface area is 95.3 Å². The number of fused-ring (bicyclic) bond motifs is 1. The largest absolute Gasteiger partial charge is 0.192 e. The van der Waals surface area contributed by atoms with Gasteiger partial charge in [-0.15, -0.1) is 0 Å². The Morgan fingerprint density at radius 3 is 2.40 bits per heavy atom. The van der Waals surface area contributed by atoms with E-state index in [1.807, 2.05) is 0 Å². The van der Waals surface area contributed by atoms with Gasteiger partial charge in [0.05, 0.1) is 5.52 Å². The molecule has 0 fully saturated rings. The third-order valence-corrected chi connectivity index (χ3v) is 3.45. The molecule has 0 spiro atoms. The Bertz CT molecular complexity index is 468. The molecule has 0 aliphatic heterocycles. The highest BCUT2D eigenvalue weighted by Crippen LogP contribution is 2.32. The van der Waals surface area contributed by atoms with Crippen molar-refractivity contribution < 1.29 is 0 Å². The summed E-state index contributed by atoms with van der Waals surface area (Å²) in [5, 5.41) is 3.42. The molecule has 0 aliphatic carbocycles. The van der Waals surface area contributed by atoms with Gasteiger partial charge < -0.3 is 0 Å². The lowest BCUT2D eigenvalue weighted by atomic mass is 9.89. The standard InChI is InChI=1S/C13H17NS/c1-8(2)11-6-5-10-7-15-14-13(10)12(11)9(3)4/h5-9H,1-4H3. The molecular weight excluding hydrogens is 202 g/mol. The summed E-state index contributed by atoms with van der Waals surface area (Å²) < 4.78 is 4.52.